The second kappa shape index (κ2) is 4.80. The molecule has 0 bridgehead atoms. The predicted molar refractivity (Wildman–Crippen MR) is 70.9 cm³/mol. The first kappa shape index (κ1) is 13.8. The second-order valence-electron chi connectivity index (χ2n) is 6.14. The van der Waals surface area contributed by atoms with Crippen molar-refractivity contribution in [3.05, 3.63) is 23.8 Å². The van der Waals surface area contributed by atoms with Crippen LogP contribution in [0.3, 0.4) is 0 Å². The minimum absolute atomic E-state index is 0.0173. The molecule has 0 amide bonds. The van der Waals surface area contributed by atoms with Gasteiger partial charge in [-0.25, -0.2) is 0 Å². The van der Waals surface area contributed by atoms with Crippen LogP contribution in [0.1, 0.15) is 33.1 Å². The first-order chi connectivity index (χ1) is 8.40. The molecule has 2 aliphatic carbocycles. The monoisotopic (exact) mass is 252 g/mol. The minimum atomic E-state index is -0.524. The quantitative estimate of drug-likeness (QED) is 0.655. The van der Waals surface area contributed by atoms with Gasteiger partial charge in [0.1, 0.15) is 0 Å². The van der Waals surface area contributed by atoms with Gasteiger partial charge in [0.05, 0.1) is 18.8 Å². The topological polar surface area (TPSA) is 60.7 Å². The molecule has 0 aromatic heterocycles. The smallest absolute Gasteiger partial charge is 0.0780 e. The Morgan fingerprint density at radius 1 is 1.50 bits per heavy atom. The lowest BCUT2D eigenvalue weighted by Crippen LogP contribution is -2.48. The zero-order valence-corrected chi connectivity index (χ0v) is 11.3. The molecule has 0 radical (unpaired) electrons. The highest BCUT2D eigenvalue weighted by Gasteiger charge is 2.48. The third kappa shape index (κ3) is 2.04. The van der Waals surface area contributed by atoms with Gasteiger partial charge in [0.25, 0.3) is 0 Å². The normalized spacial score (nSPS) is 44.2. The number of hydrogen-bond donors (Lipinski definition) is 3. The summed E-state index contributed by atoms with van der Waals surface area (Å²) in [4.78, 5) is 0. The Morgan fingerprint density at radius 3 is 2.78 bits per heavy atom. The molecule has 0 aromatic carbocycles. The van der Waals surface area contributed by atoms with Crippen LogP contribution in [0.2, 0.25) is 0 Å². The summed E-state index contributed by atoms with van der Waals surface area (Å²) < 4.78 is 0. The van der Waals surface area contributed by atoms with Gasteiger partial charge < -0.3 is 15.3 Å². The van der Waals surface area contributed by atoms with Gasteiger partial charge in [0, 0.05) is 6.42 Å². The van der Waals surface area contributed by atoms with Crippen molar-refractivity contribution >= 4 is 0 Å². The fourth-order valence-corrected chi connectivity index (χ4v) is 3.61. The van der Waals surface area contributed by atoms with Crippen molar-refractivity contribution in [1.29, 1.82) is 0 Å². The third-order valence-corrected chi connectivity index (χ3v) is 5.14. The summed E-state index contributed by atoms with van der Waals surface area (Å²) in [6.07, 6.45) is 3.25. The van der Waals surface area contributed by atoms with Gasteiger partial charge in [-0.1, -0.05) is 26.5 Å². The van der Waals surface area contributed by atoms with E-state index < -0.39 is 12.2 Å². The number of aliphatic hydroxyl groups is 3. The Labute approximate surface area is 109 Å². The van der Waals surface area contributed by atoms with E-state index in [4.69, 9.17) is 0 Å². The Bertz CT molecular complexity index is 374. The molecule has 3 nitrogen and oxygen atoms in total. The summed E-state index contributed by atoms with van der Waals surface area (Å²) in [7, 11) is 0. The molecule has 102 valence electrons. The highest BCUT2D eigenvalue weighted by molar-refractivity contribution is 5.28. The zero-order chi connectivity index (χ0) is 13.5. The maximum absolute atomic E-state index is 10.1. The molecule has 18 heavy (non-hydrogen) atoms. The fourth-order valence-electron chi connectivity index (χ4n) is 3.61. The average molecular weight is 252 g/mol. The van der Waals surface area contributed by atoms with Gasteiger partial charge in [-0.05, 0) is 41.2 Å². The van der Waals surface area contributed by atoms with Crippen LogP contribution in [0, 0.1) is 17.3 Å². The Hall–Kier alpha value is -0.640. The van der Waals surface area contributed by atoms with Crippen molar-refractivity contribution in [3.8, 4) is 0 Å². The Balaban J connectivity index is 2.31. The molecule has 2 aliphatic rings. The van der Waals surface area contributed by atoms with Gasteiger partial charge in [-0.15, -0.1) is 0 Å². The van der Waals surface area contributed by atoms with E-state index in [1.807, 2.05) is 0 Å². The van der Waals surface area contributed by atoms with E-state index in [2.05, 4.69) is 26.5 Å². The lowest BCUT2D eigenvalue weighted by atomic mass is 9.56. The average Bonchev–Trinajstić information content (AvgIpc) is 2.34. The number of allylic oxidation sites excluding steroid dienone is 1. The van der Waals surface area contributed by atoms with Crippen LogP contribution in [0.25, 0.3) is 0 Å². The Kier molecular flexibility index (Phi) is 3.67. The lowest BCUT2D eigenvalue weighted by molar-refractivity contribution is -0.0353. The first-order valence-electron chi connectivity index (χ1n) is 6.75. The van der Waals surface area contributed by atoms with Crippen LogP contribution in [0.15, 0.2) is 23.8 Å². The van der Waals surface area contributed by atoms with Crippen LogP contribution >= 0.6 is 0 Å². The summed E-state index contributed by atoms with van der Waals surface area (Å²) in [5, 5.41) is 29.4. The SMILES string of the molecule is C=C(CO)[C@@H]1CC=C2[C@H](O)C[C@@H](O)[C@@H](C)[C@@]2(C)C1. The van der Waals surface area contributed by atoms with Crippen LogP contribution < -0.4 is 0 Å². The number of fused-ring (bicyclic) bond motifs is 1. The lowest BCUT2D eigenvalue weighted by Gasteiger charge is -2.50. The summed E-state index contributed by atoms with van der Waals surface area (Å²) in [5.41, 5.74) is 1.74. The molecule has 0 aliphatic heterocycles. The van der Waals surface area contributed by atoms with Crippen molar-refractivity contribution in [2.24, 2.45) is 17.3 Å². The van der Waals surface area contributed by atoms with Gasteiger partial charge in [0.2, 0.25) is 0 Å². The van der Waals surface area contributed by atoms with Crippen LogP contribution in [-0.2, 0) is 0 Å². The molecule has 1 saturated carbocycles. The molecule has 0 heterocycles. The van der Waals surface area contributed by atoms with Crippen molar-refractivity contribution in [2.45, 2.75) is 45.3 Å². The van der Waals surface area contributed by atoms with E-state index in [0.717, 1.165) is 24.0 Å². The van der Waals surface area contributed by atoms with Gasteiger partial charge >= 0.3 is 0 Å². The van der Waals surface area contributed by atoms with Crippen LogP contribution in [0.4, 0.5) is 0 Å². The molecular formula is C15H24O3. The molecule has 3 N–H and O–H groups in total. The number of rotatable bonds is 2. The maximum atomic E-state index is 10.1. The highest BCUT2D eigenvalue weighted by Crippen LogP contribution is 2.53. The molecule has 3 heteroatoms. The molecule has 0 spiro atoms. The van der Waals surface area contributed by atoms with Crippen molar-refractivity contribution in [2.75, 3.05) is 6.61 Å². The Morgan fingerprint density at radius 2 is 2.17 bits per heavy atom. The molecular weight excluding hydrogens is 228 g/mol. The molecule has 1 fully saturated rings. The van der Waals surface area contributed by atoms with E-state index in [0.29, 0.717) is 6.42 Å². The second-order valence-corrected chi connectivity index (χ2v) is 6.14. The van der Waals surface area contributed by atoms with Crippen LogP contribution in [-0.4, -0.2) is 34.1 Å². The van der Waals surface area contributed by atoms with E-state index in [9.17, 15) is 15.3 Å². The molecule has 0 unspecified atom stereocenters. The summed E-state index contributed by atoms with van der Waals surface area (Å²) in [6.45, 7) is 8.11. The fraction of sp³-hybridized carbons (Fsp3) is 0.733. The number of aliphatic hydroxyl groups excluding tert-OH is 3. The van der Waals surface area contributed by atoms with E-state index in [1.54, 1.807) is 0 Å². The minimum Gasteiger partial charge on any atom is -0.393 e. The van der Waals surface area contributed by atoms with E-state index in [-0.39, 0.29) is 23.9 Å². The van der Waals surface area contributed by atoms with Crippen LogP contribution in [0.5, 0.6) is 0 Å². The van der Waals surface area contributed by atoms with Gasteiger partial charge in [-0.2, -0.15) is 0 Å². The van der Waals surface area contributed by atoms with Crippen molar-refractivity contribution < 1.29 is 15.3 Å². The summed E-state index contributed by atoms with van der Waals surface area (Å²) >= 11 is 0. The largest absolute Gasteiger partial charge is 0.393 e. The van der Waals surface area contributed by atoms with Crippen molar-refractivity contribution in [1.82, 2.24) is 0 Å². The van der Waals surface area contributed by atoms with E-state index in [1.165, 1.54) is 0 Å². The summed E-state index contributed by atoms with van der Waals surface area (Å²) in [5.74, 6) is 0.380. The van der Waals surface area contributed by atoms with Crippen molar-refractivity contribution in [3.63, 3.8) is 0 Å². The van der Waals surface area contributed by atoms with Gasteiger partial charge in [0.15, 0.2) is 0 Å². The molecule has 5 atom stereocenters. The summed E-state index contributed by atoms with van der Waals surface area (Å²) in [6, 6.07) is 0. The highest BCUT2D eigenvalue weighted by atomic mass is 16.3. The van der Waals surface area contributed by atoms with E-state index >= 15 is 0 Å². The molecule has 0 aromatic rings. The van der Waals surface area contributed by atoms with Gasteiger partial charge in [-0.3, -0.25) is 0 Å². The molecule has 2 rings (SSSR count). The first-order valence-corrected chi connectivity index (χ1v) is 6.75. The standard InChI is InChI=1S/C15H24O3/c1-9(8-16)11-4-5-12-14(18)6-13(17)10(2)15(12,3)7-11/h5,10-11,13-14,16-18H,1,4,6-8H2,2-3H3/t10-,11-,13-,14-,15-/m1/s1. The predicted octanol–water partition coefficient (Wildman–Crippen LogP) is 1.64. The molecule has 0 saturated heterocycles. The zero-order valence-electron chi connectivity index (χ0n) is 11.3. The maximum Gasteiger partial charge on any atom is 0.0780 e. The third-order valence-electron chi connectivity index (χ3n) is 5.14. The number of hydrogen-bond acceptors (Lipinski definition) is 3.